The molecule has 31 heavy (non-hydrogen) atoms. The third-order valence-electron chi connectivity index (χ3n) is 6.01. The Morgan fingerprint density at radius 3 is 1.65 bits per heavy atom. The topological polar surface area (TPSA) is 74.6 Å². The lowest BCUT2D eigenvalue weighted by Gasteiger charge is -2.16. The van der Waals surface area contributed by atoms with E-state index in [2.05, 4.69) is 20.8 Å². The van der Waals surface area contributed by atoms with Crippen LogP contribution in [0.3, 0.4) is 0 Å². The van der Waals surface area contributed by atoms with Crippen molar-refractivity contribution in [1.29, 1.82) is 0 Å². The van der Waals surface area contributed by atoms with Crippen molar-refractivity contribution in [2.45, 2.75) is 117 Å². The SMILES string of the molecule is CCCCCCCCCCCCCCCc1c(CC(C)C)ccc(C(=O)O)c1C(=O)O. The van der Waals surface area contributed by atoms with Crippen molar-refractivity contribution >= 4 is 11.9 Å². The lowest BCUT2D eigenvalue weighted by Crippen LogP contribution is -2.14. The molecule has 4 heteroatoms. The van der Waals surface area contributed by atoms with Crippen molar-refractivity contribution in [2.75, 3.05) is 0 Å². The van der Waals surface area contributed by atoms with Crippen LogP contribution < -0.4 is 0 Å². The Balaban J connectivity index is 2.44. The van der Waals surface area contributed by atoms with Crippen LogP contribution in [0.25, 0.3) is 0 Å². The molecule has 2 N–H and O–H groups in total. The summed E-state index contributed by atoms with van der Waals surface area (Å²) < 4.78 is 0. The van der Waals surface area contributed by atoms with E-state index in [-0.39, 0.29) is 11.1 Å². The first-order valence-electron chi connectivity index (χ1n) is 12.5. The van der Waals surface area contributed by atoms with Crippen molar-refractivity contribution in [3.63, 3.8) is 0 Å². The zero-order valence-electron chi connectivity index (χ0n) is 20.0. The normalized spacial score (nSPS) is 11.2. The summed E-state index contributed by atoms with van der Waals surface area (Å²) in [7, 11) is 0. The molecule has 0 aromatic heterocycles. The molecule has 0 aliphatic rings. The zero-order valence-corrected chi connectivity index (χ0v) is 20.0. The summed E-state index contributed by atoms with van der Waals surface area (Å²) in [4.78, 5) is 23.4. The van der Waals surface area contributed by atoms with E-state index in [1.54, 1.807) is 0 Å². The summed E-state index contributed by atoms with van der Waals surface area (Å²) >= 11 is 0. The van der Waals surface area contributed by atoms with Crippen molar-refractivity contribution in [3.05, 3.63) is 34.4 Å². The molecular formula is C27H44O4. The minimum atomic E-state index is -1.17. The Morgan fingerprint density at radius 2 is 1.23 bits per heavy atom. The molecule has 0 bridgehead atoms. The maximum absolute atomic E-state index is 11.9. The van der Waals surface area contributed by atoms with Gasteiger partial charge in [-0.3, -0.25) is 0 Å². The van der Waals surface area contributed by atoms with Gasteiger partial charge in [0, 0.05) is 0 Å². The Labute approximate surface area is 189 Å². The number of benzene rings is 1. The molecule has 0 aliphatic heterocycles. The maximum atomic E-state index is 11.9. The molecule has 0 radical (unpaired) electrons. The Morgan fingerprint density at radius 1 is 0.742 bits per heavy atom. The molecule has 1 rings (SSSR count). The smallest absolute Gasteiger partial charge is 0.336 e. The Bertz CT molecular complexity index is 663. The highest BCUT2D eigenvalue weighted by Gasteiger charge is 2.22. The van der Waals surface area contributed by atoms with Gasteiger partial charge in [-0.2, -0.15) is 0 Å². The summed E-state index contributed by atoms with van der Waals surface area (Å²) in [6.07, 6.45) is 17.9. The highest BCUT2D eigenvalue weighted by molar-refractivity contribution is 6.03. The van der Waals surface area contributed by atoms with Crippen LogP contribution in [-0.4, -0.2) is 22.2 Å². The van der Waals surface area contributed by atoms with Crippen molar-refractivity contribution < 1.29 is 19.8 Å². The Hall–Kier alpha value is -1.84. The van der Waals surface area contributed by atoms with E-state index >= 15 is 0 Å². The number of hydrogen-bond acceptors (Lipinski definition) is 2. The van der Waals surface area contributed by atoms with Gasteiger partial charge >= 0.3 is 11.9 Å². The number of rotatable bonds is 18. The van der Waals surface area contributed by atoms with Gasteiger partial charge in [0.25, 0.3) is 0 Å². The van der Waals surface area contributed by atoms with Gasteiger partial charge in [-0.1, -0.05) is 104 Å². The number of carbonyl (C=O) groups is 2. The largest absolute Gasteiger partial charge is 0.478 e. The first-order valence-corrected chi connectivity index (χ1v) is 12.5. The van der Waals surface area contributed by atoms with Gasteiger partial charge in [-0.05, 0) is 42.4 Å². The standard InChI is InChI=1S/C27H44O4/c1-4-5-6-7-8-9-10-11-12-13-14-15-16-17-23-22(20-21(2)3)18-19-24(26(28)29)25(23)27(30)31/h18-19,21H,4-17,20H2,1-3H3,(H,28,29)(H,30,31). The van der Waals surface area contributed by atoms with Crippen LogP contribution in [-0.2, 0) is 12.8 Å². The predicted octanol–water partition coefficient (Wildman–Crippen LogP) is 7.92. The summed E-state index contributed by atoms with van der Waals surface area (Å²) in [6.45, 7) is 6.45. The van der Waals surface area contributed by atoms with Gasteiger partial charge in [0.1, 0.15) is 0 Å². The molecule has 0 atom stereocenters. The molecule has 0 unspecified atom stereocenters. The van der Waals surface area contributed by atoms with Crippen LogP contribution in [0.5, 0.6) is 0 Å². The minimum absolute atomic E-state index is 0.00964. The summed E-state index contributed by atoms with van der Waals surface area (Å²) in [6, 6.07) is 3.27. The second-order valence-electron chi connectivity index (χ2n) is 9.33. The van der Waals surface area contributed by atoms with Crippen LogP contribution in [0, 0.1) is 5.92 Å². The number of unbranched alkanes of at least 4 members (excludes halogenated alkanes) is 12. The second-order valence-corrected chi connectivity index (χ2v) is 9.33. The van der Waals surface area contributed by atoms with Crippen LogP contribution >= 0.6 is 0 Å². The monoisotopic (exact) mass is 432 g/mol. The lowest BCUT2D eigenvalue weighted by molar-refractivity contribution is 0.0650. The van der Waals surface area contributed by atoms with Gasteiger partial charge in [-0.25, -0.2) is 9.59 Å². The fourth-order valence-electron chi connectivity index (χ4n) is 4.35. The average Bonchev–Trinajstić information content (AvgIpc) is 2.71. The third kappa shape index (κ3) is 10.8. The van der Waals surface area contributed by atoms with Crippen LogP contribution in [0.4, 0.5) is 0 Å². The van der Waals surface area contributed by atoms with E-state index in [9.17, 15) is 19.8 Å². The number of carboxylic acid groups (broad SMARTS) is 2. The molecule has 0 aliphatic carbocycles. The molecule has 0 amide bonds. The number of carboxylic acids is 2. The summed E-state index contributed by atoms with van der Waals surface area (Å²) in [5.74, 6) is -1.91. The van der Waals surface area contributed by atoms with E-state index in [4.69, 9.17) is 0 Å². The lowest BCUT2D eigenvalue weighted by atomic mass is 9.88. The first-order chi connectivity index (χ1) is 14.9. The number of aromatic carboxylic acids is 2. The van der Waals surface area contributed by atoms with Crippen molar-refractivity contribution in [2.24, 2.45) is 5.92 Å². The van der Waals surface area contributed by atoms with Gasteiger partial charge in [-0.15, -0.1) is 0 Å². The summed E-state index contributed by atoms with van der Waals surface area (Å²) in [5.41, 5.74) is 1.61. The van der Waals surface area contributed by atoms with Crippen molar-refractivity contribution in [3.8, 4) is 0 Å². The van der Waals surface area contributed by atoms with E-state index in [1.165, 1.54) is 70.3 Å². The van der Waals surface area contributed by atoms with E-state index < -0.39 is 11.9 Å². The van der Waals surface area contributed by atoms with E-state index in [0.29, 0.717) is 12.3 Å². The van der Waals surface area contributed by atoms with Gasteiger partial charge < -0.3 is 10.2 Å². The van der Waals surface area contributed by atoms with E-state index in [1.807, 2.05) is 6.07 Å². The second kappa shape index (κ2) is 15.9. The summed E-state index contributed by atoms with van der Waals surface area (Å²) in [5, 5.41) is 19.1. The third-order valence-corrected chi connectivity index (χ3v) is 6.01. The minimum Gasteiger partial charge on any atom is -0.478 e. The molecule has 0 saturated carbocycles. The molecule has 0 saturated heterocycles. The highest BCUT2D eigenvalue weighted by atomic mass is 16.4. The van der Waals surface area contributed by atoms with Crippen LogP contribution in [0.2, 0.25) is 0 Å². The fourth-order valence-corrected chi connectivity index (χ4v) is 4.35. The molecule has 0 spiro atoms. The fraction of sp³-hybridized carbons (Fsp3) is 0.704. The Kier molecular flexibility index (Phi) is 13.9. The van der Waals surface area contributed by atoms with Crippen LogP contribution in [0.15, 0.2) is 12.1 Å². The van der Waals surface area contributed by atoms with Crippen molar-refractivity contribution in [1.82, 2.24) is 0 Å². The maximum Gasteiger partial charge on any atom is 0.336 e. The molecule has 176 valence electrons. The molecule has 1 aromatic rings. The molecule has 1 aromatic carbocycles. The quantitative estimate of drug-likeness (QED) is 0.231. The first kappa shape index (κ1) is 27.2. The average molecular weight is 433 g/mol. The zero-order chi connectivity index (χ0) is 23.1. The van der Waals surface area contributed by atoms with Gasteiger partial charge in [0.2, 0.25) is 0 Å². The number of hydrogen-bond donors (Lipinski definition) is 2. The molecule has 4 nitrogen and oxygen atoms in total. The predicted molar refractivity (Wildman–Crippen MR) is 128 cm³/mol. The molecule has 0 fully saturated rings. The molecule has 0 heterocycles. The van der Waals surface area contributed by atoms with Gasteiger partial charge in [0.05, 0.1) is 11.1 Å². The van der Waals surface area contributed by atoms with E-state index in [0.717, 1.165) is 36.8 Å². The van der Waals surface area contributed by atoms with Gasteiger partial charge in [0.15, 0.2) is 0 Å². The van der Waals surface area contributed by atoms with Crippen LogP contribution in [0.1, 0.15) is 136 Å². The highest BCUT2D eigenvalue weighted by Crippen LogP contribution is 2.25. The molecular weight excluding hydrogens is 388 g/mol.